The molecule has 28 heavy (non-hydrogen) atoms. The smallest absolute Gasteiger partial charge is 0.243 e. The minimum atomic E-state index is -3.54. The first-order valence-electron chi connectivity index (χ1n) is 10.3. The molecule has 2 saturated heterocycles. The van der Waals surface area contributed by atoms with Gasteiger partial charge in [0, 0.05) is 32.2 Å². The van der Waals surface area contributed by atoms with Crippen molar-refractivity contribution in [2.24, 2.45) is 0 Å². The molecule has 2 aliphatic heterocycles. The number of amides is 1. The van der Waals surface area contributed by atoms with Gasteiger partial charge in [-0.05, 0) is 58.2 Å². The summed E-state index contributed by atoms with van der Waals surface area (Å²) in [6.45, 7) is 10.9. The van der Waals surface area contributed by atoms with Crippen LogP contribution in [0.2, 0.25) is 0 Å². The number of nitrogens with zero attached hydrogens (tertiary/aromatic N) is 3. The number of sulfonamides is 1. The predicted octanol–water partition coefficient (Wildman–Crippen LogP) is 2.32. The zero-order chi connectivity index (χ0) is 20.5. The molecule has 2 fully saturated rings. The van der Waals surface area contributed by atoms with Crippen LogP contribution in [0.15, 0.2) is 17.0 Å². The van der Waals surface area contributed by atoms with E-state index in [-0.39, 0.29) is 5.91 Å². The van der Waals surface area contributed by atoms with Crippen molar-refractivity contribution in [2.45, 2.75) is 57.9 Å². The Balaban J connectivity index is 1.64. The van der Waals surface area contributed by atoms with Crippen molar-refractivity contribution in [3.8, 4) is 0 Å². The van der Waals surface area contributed by atoms with Crippen molar-refractivity contribution in [3.05, 3.63) is 28.8 Å². The van der Waals surface area contributed by atoms with E-state index < -0.39 is 10.0 Å². The molecular weight excluding hydrogens is 374 g/mol. The molecule has 0 aliphatic carbocycles. The maximum absolute atomic E-state index is 13.2. The number of hydrogen-bond acceptors (Lipinski definition) is 4. The van der Waals surface area contributed by atoms with E-state index in [1.165, 1.54) is 10.7 Å². The number of benzene rings is 1. The average Bonchev–Trinajstić information content (AvgIpc) is 2.62. The number of rotatable bonds is 4. The highest BCUT2D eigenvalue weighted by Crippen LogP contribution is 2.26. The third-order valence-electron chi connectivity index (χ3n) is 6.07. The molecule has 0 aromatic heterocycles. The fourth-order valence-electron chi connectivity index (χ4n) is 4.55. The molecule has 1 amide bonds. The maximum Gasteiger partial charge on any atom is 0.243 e. The van der Waals surface area contributed by atoms with Gasteiger partial charge in [-0.2, -0.15) is 4.31 Å². The van der Waals surface area contributed by atoms with E-state index in [1.54, 1.807) is 0 Å². The molecule has 2 aliphatic rings. The zero-order valence-corrected chi connectivity index (χ0v) is 18.4. The number of hydrogen-bond donors (Lipinski definition) is 0. The Hall–Kier alpha value is -1.44. The molecule has 156 valence electrons. The predicted molar refractivity (Wildman–Crippen MR) is 111 cm³/mol. The summed E-state index contributed by atoms with van der Waals surface area (Å²) in [6, 6.07) is 4.28. The van der Waals surface area contributed by atoms with Crippen LogP contribution in [-0.4, -0.2) is 73.7 Å². The molecule has 3 rings (SSSR count). The molecule has 1 atom stereocenters. The van der Waals surface area contributed by atoms with Crippen molar-refractivity contribution in [1.82, 2.24) is 14.1 Å². The Morgan fingerprint density at radius 2 is 1.61 bits per heavy atom. The fourth-order valence-corrected chi connectivity index (χ4v) is 6.38. The lowest BCUT2D eigenvalue weighted by Gasteiger charge is -2.37. The average molecular weight is 408 g/mol. The lowest BCUT2D eigenvalue weighted by Crippen LogP contribution is -2.53. The normalized spacial score (nSPS) is 22.4. The summed E-state index contributed by atoms with van der Waals surface area (Å²) in [5, 5.41) is 0. The van der Waals surface area contributed by atoms with Crippen LogP contribution in [0, 0.1) is 20.8 Å². The third-order valence-corrected chi connectivity index (χ3v) is 8.28. The van der Waals surface area contributed by atoms with Crippen LogP contribution in [0.25, 0.3) is 0 Å². The van der Waals surface area contributed by atoms with Gasteiger partial charge in [-0.25, -0.2) is 8.42 Å². The van der Waals surface area contributed by atoms with Gasteiger partial charge in [-0.15, -0.1) is 0 Å². The topological polar surface area (TPSA) is 60.9 Å². The van der Waals surface area contributed by atoms with Crippen LogP contribution < -0.4 is 0 Å². The summed E-state index contributed by atoms with van der Waals surface area (Å²) >= 11 is 0. The molecule has 0 N–H and O–H groups in total. The molecule has 1 aromatic carbocycles. The van der Waals surface area contributed by atoms with Gasteiger partial charge < -0.3 is 4.90 Å². The summed E-state index contributed by atoms with van der Waals surface area (Å²) in [6.07, 6.45) is 3.54. The molecule has 0 bridgehead atoms. The lowest BCUT2D eigenvalue weighted by molar-refractivity contribution is -0.134. The van der Waals surface area contributed by atoms with Gasteiger partial charge in [0.25, 0.3) is 0 Å². The van der Waals surface area contributed by atoms with Crippen LogP contribution in [0.3, 0.4) is 0 Å². The number of piperazine rings is 1. The summed E-state index contributed by atoms with van der Waals surface area (Å²) < 4.78 is 27.9. The molecule has 1 aromatic rings. The van der Waals surface area contributed by atoms with E-state index in [1.807, 2.05) is 37.8 Å². The maximum atomic E-state index is 13.2. The first kappa shape index (κ1) is 21.3. The van der Waals surface area contributed by atoms with Gasteiger partial charge in [0.1, 0.15) is 0 Å². The van der Waals surface area contributed by atoms with Gasteiger partial charge in [0.2, 0.25) is 15.9 Å². The van der Waals surface area contributed by atoms with Crippen molar-refractivity contribution in [2.75, 3.05) is 39.3 Å². The van der Waals surface area contributed by atoms with Gasteiger partial charge in [0.15, 0.2) is 0 Å². The summed E-state index contributed by atoms with van der Waals surface area (Å²) in [5.74, 6) is 0.119. The van der Waals surface area contributed by atoms with Crippen LogP contribution in [0.4, 0.5) is 0 Å². The highest BCUT2D eigenvalue weighted by Gasteiger charge is 2.33. The largest absolute Gasteiger partial charge is 0.339 e. The van der Waals surface area contributed by atoms with E-state index in [4.69, 9.17) is 0 Å². The second-order valence-corrected chi connectivity index (χ2v) is 10.2. The number of likely N-dealkylation sites (tertiary alicyclic amines) is 1. The minimum Gasteiger partial charge on any atom is -0.339 e. The summed E-state index contributed by atoms with van der Waals surface area (Å²) in [4.78, 5) is 17.2. The Morgan fingerprint density at radius 3 is 2.18 bits per heavy atom. The zero-order valence-electron chi connectivity index (χ0n) is 17.6. The molecular formula is C21H33N3O3S. The molecule has 2 heterocycles. The summed E-state index contributed by atoms with van der Waals surface area (Å²) in [5.41, 5.74) is 2.64. The number of aryl methyl sites for hydroxylation is 3. The molecule has 7 heteroatoms. The highest BCUT2D eigenvalue weighted by molar-refractivity contribution is 7.89. The van der Waals surface area contributed by atoms with Crippen LogP contribution in [0.5, 0.6) is 0 Å². The van der Waals surface area contributed by atoms with Crippen LogP contribution in [0.1, 0.15) is 42.9 Å². The molecule has 0 radical (unpaired) electrons. The van der Waals surface area contributed by atoms with Crippen molar-refractivity contribution >= 4 is 15.9 Å². The Bertz CT molecular complexity index is 806. The highest BCUT2D eigenvalue weighted by atomic mass is 32.2. The second kappa shape index (κ2) is 8.51. The standard InChI is InChI=1S/C21H33N3O3S/c1-16-13-17(2)21(18(3)14-16)28(26,27)24-11-9-22(10-12-24)20(25)15-23-8-6-5-7-19(23)4/h13-14,19H,5-12,15H2,1-4H3/t19-/m1/s1. The fraction of sp³-hybridized carbons (Fsp3) is 0.667. The molecule has 0 unspecified atom stereocenters. The first-order valence-corrected chi connectivity index (χ1v) is 11.7. The SMILES string of the molecule is Cc1cc(C)c(S(=O)(=O)N2CCN(C(=O)CN3CCCC[C@H]3C)CC2)c(C)c1. The van der Waals surface area contributed by atoms with Gasteiger partial charge >= 0.3 is 0 Å². The van der Waals surface area contributed by atoms with Gasteiger partial charge in [0.05, 0.1) is 11.4 Å². The molecule has 0 spiro atoms. The molecule has 0 saturated carbocycles. The van der Waals surface area contributed by atoms with E-state index >= 15 is 0 Å². The van der Waals surface area contributed by atoms with Crippen molar-refractivity contribution in [1.29, 1.82) is 0 Å². The van der Waals surface area contributed by atoms with E-state index in [0.29, 0.717) is 43.7 Å². The Labute approximate surface area is 169 Å². The lowest BCUT2D eigenvalue weighted by atomic mass is 10.0. The van der Waals surface area contributed by atoms with Crippen molar-refractivity contribution in [3.63, 3.8) is 0 Å². The van der Waals surface area contributed by atoms with Crippen LogP contribution >= 0.6 is 0 Å². The third kappa shape index (κ3) is 4.42. The van der Waals surface area contributed by atoms with E-state index in [0.717, 1.165) is 36.1 Å². The van der Waals surface area contributed by atoms with E-state index in [2.05, 4.69) is 11.8 Å². The van der Waals surface area contributed by atoms with Gasteiger partial charge in [-0.3, -0.25) is 9.69 Å². The van der Waals surface area contributed by atoms with Gasteiger partial charge in [-0.1, -0.05) is 24.1 Å². The molecule has 6 nitrogen and oxygen atoms in total. The van der Waals surface area contributed by atoms with E-state index in [9.17, 15) is 13.2 Å². The quantitative estimate of drug-likeness (QED) is 0.769. The second-order valence-electron chi connectivity index (χ2n) is 8.33. The Morgan fingerprint density at radius 1 is 1.00 bits per heavy atom. The monoisotopic (exact) mass is 407 g/mol. The minimum absolute atomic E-state index is 0.119. The first-order chi connectivity index (χ1) is 13.2. The van der Waals surface area contributed by atoms with Crippen LogP contribution in [-0.2, 0) is 14.8 Å². The number of piperidine rings is 1. The summed E-state index contributed by atoms with van der Waals surface area (Å²) in [7, 11) is -3.54. The number of carbonyl (C=O) groups is 1. The Kier molecular flexibility index (Phi) is 6.47. The van der Waals surface area contributed by atoms with Crippen molar-refractivity contribution < 1.29 is 13.2 Å². The number of carbonyl (C=O) groups excluding carboxylic acids is 1.